The van der Waals surface area contributed by atoms with Gasteiger partial charge in [0.1, 0.15) is 5.75 Å². The van der Waals surface area contributed by atoms with E-state index in [2.05, 4.69) is 10.2 Å². The van der Waals surface area contributed by atoms with Crippen LogP contribution in [0.15, 0.2) is 24.3 Å². The molecule has 1 aromatic carbocycles. The van der Waals surface area contributed by atoms with Crippen molar-refractivity contribution in [1.82, 2.24) is 15.1 Å². The van der Waals surface area contributed by atoms with Crippen molar-refractivity contribution in [2.75, 3.05) is 6.54 Å². The Hall–Kier alpha value is -2.43. The first kappa shape index (κ1) is 13.5. The van der Waals surface area contributed by atoms with Gasteiger partial charge in [-0.05, 0) is 49.6 Å². The van der Waals surface area contributed by atoms with Crippen LogP contribution in [-0.4, -0.2) is 32.7 Å². The third-order valence-electron chi connectivity index (χ3n) is 3.82. The zero-order valence-electron chi connectivity index (χ0n) is 12.1. The minimum Gasteiger partial charge on any atom is -0.508 e. The van der Waals surface area contributed by atoms with E-state index >= 15 is 0 Å². The summed E-state index contributed by atoms with van der Waals surface area (Å²) in [5.41, 5.74) is 4.18. The second-order valence-electron chi connectivity index (χ2n) is 5.41. The maximum absolute atomic E-state index is 12.7. The molecule has 2 heterocycles. The highest BCUT2D eigenvalue weighted by atomic mass is 16.3. The number of rotatable bonds is 1. The van der Waals surface area contributed by atoms with Gasteiger partial charge in [0.15, 0.2) is 0 Å². The van der Waals surface area contributed by atoms with Crippen molar-refractivity contribution in [2.24, 2.45) is 0 Å². The minimum atomic E-state index is -0.0282. The Kier molecular flexibility index (Phi) is 3.33. The molecule has 0 fully saturated rings. The van der Waals surface area contributed by atoms with Crippen molar-refractivity contribution >= 4 is 5.91 Å². The first-order valence-corrected chi connectivity index (χ1v) is 6.95. The van der Waals surface area contributed by atoms with Crippen molar-refractivity contribution in [2.45, 2.75) is 26.8 Å². The van der Waals surface area contributed by atoms with Crippen LogP contribution in [0.4, 0.5) is 0 Å². The SMILES string of the molecule is Cc1cc(C(=O)N2CCc3ccc(O)cc3C2)c(C)nn1. The van der Waals surface area contributed by atoms with Gasteiger partial charge in [-0.1, -0.05) is 6.07 Å². The number of fused-ring (bicyclic) bond motifs is 1. The summed E-state index contributed by atoms with van der Waals surface area (Å²) in [6, 6.07) is 7.13. The molecule has 2 aromatic rings. The maximum Gasteiger partial charge on any atom is 0.256 e. The molecule has 1 N–H and O–H groups in total. The van der Waals surface area contributed by atoms with Crippen molar-refractivity contribution < 1.29 is 9.90 Å². The molecule has 0 atom stereocenters. The number of benzene rings is 1. The molecule has 1 aliphatic rings. The van der Waals surface area contributed by atoms with Gasteiger partial charge in [0, 0.05) is 13.1 Å². The number of hydrogen-bond donors (Lipinski definition) is 1. The average Bonchev–Trinajstić information content (AvgIpc) is 2.48. The Balaban J connectivity index is 1.88. The van der Waals surface area contributed by atoms with E-state index in [-0.39, 0.29) is 11.7 Å². The predicted octanol–water partition coefficient (Wildman–Crippen LogP) is 2.00. The molecule has 0 unspecified atom stereocenters. The number of carbonyl (C=O) groups is 1. The smallest absolute Gasteiger partial charge is 0.256 e. The van der Waals surface area contributed by atoms with E-state index in [0.717, 1.165) is 17.7 Å². The molecule has 3 rings (SSSR count). The molecule has 108 valence electrons. The largest absolute Gasteiger partial charge is 0.508 e. The summed E-state index contributed by atoms with van der Waals surface area (Å²) in [5.74, 6) is 0.208. The number of hydrogen-bond acceptors (Lipinski definition) is 4. The first-order chi connectivity index (χ1) is 10.0. The van der Waals surface area contributed by atoms with E-state index < -0.39 is 0 Å². The summed E-state index contributed by atoms with van der Waals surface area (Å²) >= 11 is 0. The average molecular weight is 283 g/mol. The Morgan fingerprint density at radius 3 is 2.81 bits per heavy atom. The van der Waals surface area contributed by atoms with Gasteiger partial charge in [0.05, 0.1) is 17.0 Å². The molecule has 21 heavy (non-hydrogen) atoms. The number of phenols is 1. The summed E-state index contributed by atoms with van der Waals surface area (Å²) in [6.07, 6.45) is 0.803. The van der Waals surface area contributed by atoms with E-state index in [4.69, 9.17) is 0 Å². The standard InChI is InChI=1S/C16H17N3O2/c1-10-7-15(11(2)18-17-10)16(21)19-6-5-12-3-4-14(20)8-13(12)9-19/h3-4,7-8,20H,5-6,9H2,1-2H3. The Bertz CT molecular complexity index is 713. The minimum absolute atomic E-state index is 0.0282. The molecular weight excluding hydrogens is 266 g/mol. The van der Waals surface area contributed by atoms with Gasteiger partial charge in [0.2, 0.25) is 0 Å². The fourth-order valence-corrected chi connectivity index (χ4v) is 2.65. The number of nitrogens with zero attached hydrogens (tertiary/aromatic N) is 3. The van der Waals surface area contributed by atoms with Crippen LogP contribution in [0.2, 0.25) is 0 Å². The molecule has 0 saturated heterocycles. The van der Waals surface area contributed by atoms with E-state index in [1.54, 1.807) is 30.0 Å². The normalized spacial score (nSPS) is 13.9. The van der Waals surface area contributed by atoms with Gasteiger partial charge in [-0.2, -0.15) is 10.2 Å². The fourth-order valence-electron chi connectivity index (χ4n) is 2.65. The molecule has 0 aliphatic carbocycles. The molecule has 0 radical (unpaired) electrons. The van der Waals surface area contributed by atoms with Crippen LogP contribution >= 0.6 is 0 Å². The summed E-state index contributed by atoms with van der Waals surface area (Å²) < 4.78 is 0. The lowest BCUT2D eigenvalue weighted by atomic mass is 9.98. The van der Waals surface area contributed by atoms with Gasteiger partial charge < -0.3 is 10.0 Å². The monoisotopic (exact) mass is 283 g/mol. The topological polar surface area (TPSA) is 66.3 Å². The van der Waals surface area contributed by atoms with Crippen molar-refractivity contribution in [1.29, 1.82) is 0 Å². The van der Waals surface area contributed by atoms with Crippen LogP contribution in [0.5, 0.6) is 5.75 Å². The van der Waals surface area contributed by atoms with Crippen molar-refractivity contribution in [3.05, 3.63) is 52.3 Å². The van der Waals surface area contributed by atoms with E-state index in [0.29, 0.717) is 24.3 Å². The number of aromatic hydroxyl groups is 1. The van der Waals surface area contributed by atoms with Crippen LogP contribution < -0.4 is 0 Å². The van der Waals surface area contributed by atoms with Crippen LogP contribution in [0.3, 0.4) is 0 Å². The summed E-state index contributed by atoms with van der Waals surface area (Å²) in [7, 11) is 0. The molecule has 0 saturated carbocycles. The first-order valence-electron chi connectivity index (χ1n) is 6.95. The molecule has 5 heteroatoms. The molecular formula is C16H17N3O2. The van der Waals surface area contributed by atoms with Gasteiger partial charge in [-0.15, -0.1) is 0 Å². The highest BCUT2D eigenvalue weighted by Gasteiger charge is 2.23. The van der Waals surface area contributed by atoms with Gasteiger partial charge in [-0.3, -0.25) is 4.79 Å². The maximum atomic E-state index is 12.7. The summed E-state index contributed by atoms with van der Waals surface area (Å²) in [5, 5.41) is 17.6. The highest BCUT2D eigenvalue weighted by Crippen LogP contribution is 2.24. The Labute approximate surface area is 123 Å². The molecule has 0 bridgehead atoms. The number of aryl methyl sites for hydroxylation is 2. The second-order valence-corrected chi connectivity index (χ2v) is 5.41. The molecule has 1 aliphatic heterocycles. The molecule has 0 spiro atoms. The number of carbonyl (C=O) groups excluding carboxylic acids is 1. The molecule has 5 nitrogen and oxygen atoms in total. The van der Waals surface area contributed by atoms with Gasteiger partial charge in [0.25, 0.3) is 5.91 Å². The van der Waals surface area contributed by atoms with Crippen LogP contribution in [0.1, 0.15) is 32.9 Å². The van der Waals surface area contributed by atoms with E-state index in [1.807, 2.05) is 13.0 Å². The van der Waals surface area contributed by atoms with Crippen LogP contribution in [-0.2, 0) is 13.0 Å². The van der Waals surface area contributed by atoms with Gasteiger partial charge >= 0.3 is 0 Å². The van der Waals surface area contributed by atoms with E-state index in [9.17, 15) is 9.90 Å². The predicted molar refractivity (Wildman–Crippen MR) is 78.1 cm³/mol. The number of phenolic OH excluding ortho intramolecular Hbond substituents is 1. The number of amides is 1. The van der Waals surface area contributed by atoms with Crippen LogP contribution in [0.25, 0.3) is 0 Å². The summed E-state index contributed by atoms with van der Waals surface area (Å²) in [6.45, 7) is 4.82. The van der Waals surface area contributed by atoms with Crippen molar-refractivity contribution in [3.63, 3.8) is 0 Å². The zero-order chi connectivity index (χ0) is 15.0. The summed E-state index contributed by atoms with van der Waals surface area (Å²) in [4.78, 5) is 14.5. The Morgan fingerprint density at radius 1 is 1.19 bits per heavy atom. The highest BCUT2D eigenvalue weighted by molar-refractivity contribution is 5.95. The molecule has 1 amide bonds. The lowest BCUT2D eigenvalue weighted by Gasteiger charge is -2.29. The van der Waals surface area contributed by atoms with Gasteiger partial charge in [-0.25, -0.2) is 0 Å². The third-order valence-corrected chi connectivity index (χ3v) is 3.82. The van der Waals surface area contributed by atoms with Crippen LogP contribution in [0, 0.1) is 13.8 Å². The quantitative estimate of drug-likeness (QED) is 0.869. The third kappa shape index (κ3) is 2.59. The van der Waals surface area contributed by atoms with E-state index in [1.165, 1.54) is 5.56 Å². The Morgan fingerprint density at radius 2 is 2.00 bits per heavy atom. The van der Waals surface area contributed by atoms with Crippen molar-refractivity contribution in [3.8, 4) is 5.75 Å². The molecule has 1 aromatic heterocycles. The lowest BCUT2D eigenvalue weighted by molar-refractivity contribution is 0.0733. The second kappa shape index (κ2) is 5.16. The number of aromatic nitrogens is 2. The zero-order valence-corrected chi connectivity index (χ0v) is 12.1. The fraction of sp³-hybridized carbons (Fsp3) is 0.312. The lowest BCUT2D eigenvalue weighted by Crippen LogP contribution is -2.36.